The number of methoxy groups -OCH3 is 1. The minimum atomic E-state index is -0.174. The smallest absolute Gasteiger partial charge is 0.311 e. The SMILES string of the molecule is COC(=O)C1(C)CCCCC1.O. The van der Waals surface area contributed by atoms with E-state index in [1.807, 2.05) is 6.92 Å². The molecule has 0 unspecified atom stereocenters. The monoisotopic (exact) mass is 174 g/mol. The summed E-state index contributed by atoms with van der Waals surface area (Å²) < 4.78 is 4.75. The molecule has 0 aliphatic heterocycles. The number of ether oxygens (including phenoxy) is 1. The molecule has 2 N–H and O–H groups in total. The van der Waals surface area contributed by atoms with Gasteiger partial charge >= 0.3 is 5.97 Å². The Hall–Kier alpha value is -0.570. The molecule has 0 aromatic rings. The van der Waals surface area contributed by atoms with Crippen molar-refractivity contribution in [3.05, 3.63) is 0 Å². The van der Waals surface area contributed by atoms with Crippen LogP contribution in [0.25, 0.3) is 0 Å². The van der Waals surface area contributed by atoms with Crippen LogP contribution in [0.1, 0.15) is 39.0 Å². The number of rotatable bonds is 1. The molecule has 0 heterocycles. The van der Waals surface area contributed by atoms with Crippen LogP contribution < -0.4 is 0 Å². The summed E-state index contributed by atoms with van der Waals surface area (Å²) in [5.41, 5.74) is -0.174. The van der Waals surface area contributed by atoms with E-state index >= 15 is 0 Å². The molecule has 3 heteroatoms. The van der Waals surface area contributed by atoms with Gasteiger partial charge in [0.2, 0.25) is 0 Å². The van der Waals surface area contributed by atoms with Crippen molar-refractivity contribution in [1.29, 1.82) is 0 Å². The second-order valence-electron chi connectivity index (χ2n) is 3.61. The van der Waals surface area contributed by atoms with Crippen molar-refractivity contribution in [1.82, 2.24) is 0 Å². The predicted octanol–water partition coefficient (Wildman–Crippen LogP) is 1.31. The highest BCUT2D eigenvalue weighted by molar-refractivity contribution is 5.76. The maximum Gasteiger partial charge on any atom is 0.311 e. The Kier molecular flexibility index (Phi) is 4.24. The van der Waals surface area contributed by atoms with Gasteiger partial charge in [-0.05, 0) is 19.8 Å². The van der Waals surface area contributed by atoms with Crippen LogP contribution in [0, 0.1) is 5.41 Å². The lowest BCUT2D eigenvalue weighted by Gasteiger charge is -2.30. The molecule has 1 rings (SSSR count). The molecule has 0 saturated heterocycles. The van der Waals surface area contributed by atoms with Gasteiger partial charge in [0.1, 0.15) is 0 Å². The first-order valence-corrected chi connectivity index (χ1v) is 4.27. The molecule has 0 aromatic heterocycles. The summed E-state index contributed by atoms with van der Waals surface area (Å²) in [5.74, 6) is -0.0304. The van der Waals surface area contributed by atoms with Crippen molar-refractivity contribution in [2.24, 2.45) is 5.41 Å². The number of carbonyl (C=O) groups is 1. The normalized spacial score (nSPS) is 20.8. The van der Waals surface area contributed by atoms with Gasteiger partial charge in [-0.15, -0.1) is 0 Å². The van der Waals surface area contributed by atoms with Gasteiger partial charge < -0.3 is 10.2 Å². The highest BCUT2D eigenvalue weighted by Crippen LogP contribution is 2.36. The Morgan fingerprint density at radius 1 is 1.25 bits per heavy atom. The Bertz CT molecular complexity index is 148. The molecule has 0 atom stereocenters. The van der Waals surface area contributed by atoms with Crippen molar-refractivity contribution in [3.63, 3.8) is 0 Å². The molecule has 1 aliphatic carbocycles. The Balaban J connectivity index is 0.00000121. The van der Waals surface area contributed by atoms with Crippen LogP contribution in [-0.4, -0.2) is 18.6 Å². The quantitative estimate of drug-likeness (QED) is 0.563. The Labute approximate surface area is 73.4 Å². The topological polar surface area (TPSA) is 57.8 Å². The van der Waals surface area contributed by atoms with Crippen molar-refractivity contribution in [3.8, 4) is 0 Å². The summed E-state index contributed by atoms with van der Waals surface area (Å²) in [5, 5.41) is 0. The lowest BCUT2D eigenvalue weighted by Crippen LogP contribution is -2.31. The predicted molar refractivity (Wildman–Crippen MR) is 46.8 cm³/mol. The van der Waals surface area contributed by atoms with Gasteiger partial charge in [0, 0.05) is 0 Å². The van der Waals surface area contributed by atoms with E-state index in [1.54, 1.807) is 0 Å². The second kappa shape index (κ2) is 4.45. The minimum Gasteiger partial charge on any atom is -0.469 e. The summed E-state index contributed by atoms with van der Waals surface area (Å²) in [6, 6.07) is 0. The van der Waals surface area contributed by atoms with E-state index < -0.39 is 0 Å². The molecule has 0 spiro atoms. The fourth-order valence-electron chi connectivity index (χ4n) is 1.78. The van der Waals surface area contributed by atoms with Crippen LogP contribution >= 0.6 is 0 Å². The Morgan fingerprint density at radius 2 is 1.75 bits per heavy atom. The van der Waals surface area contributed by atoms with E-state index in [9.17, 15) is 4.79 Å². The molecule has 72 valence electrons. The maximum absolute atomic E-state index is 11.3. The third kappa shape index (κ3) is 2.21. The first kappa shape index (κ1) is 11.4. The average molecular weight is 174 g/mol. The zero-order valence-electron chi connectivity index (χ0n) is 7.85. The van der Waals surface area contributed by atoms with Gasteiger partial charge in [-0.2, -0.15) is 0 Å². The molecule has 12 heavy (non-hydrogen) atoms. The highest BCUT2D eigenvalue weighted by Gasteiger charge is 2.35. The summed E-state index contributed by atoms with van der Waals surface area (Å²) in [4.78, 5) is 11.3. The number of esters is 1. The fraction of sp³-hybridized carbons (Fsp3) is 0.889. The lowest BCUT2D eigenvalue weighted by atomic mass is 9.76. The highest BCUT2D eigenvalue weighted by atomic mass is 16.5. The minimum absolute atomic E-state index is 0. The average Bonchev–Trinajstić information content (AvgIpc) is 2.04. The van der Waals surface area contributed by atoms with E-state index in [1.165, 1.54) is 26.4 Å². The number of hydrogen-bond acceptors (Lipinski definition) is 2. The van der Waals surface area contributed by atoms with Crippen LogP contribution in [0.15, 0.2) is 0 Å². The van der Waals surface area contributed by atoms with Crippen LogP contribution in [0.2, 0.25) is 0 Å². The fourth-order valence-corrected chi connectivity index (χ4v) is 1.78. The third-order valence-electron chi connectivity index (χ3n) is 2.64. The van der Waals surface area contributed by atoms with Crippen LogP contribution in [0.4, 0.5) is 0 Å². The van der Waals surface area contributed by atoms with Gasteiger partial charge in [0.05, 0.1) is 12.5 Å². The standard InChI is InChI=1S/C9H16O2.H2O/c1-9(8(10)11-2)6-4-3-5-7-9;/h3-7H2,1-2H3;1H2. The molecule has 1 aliphatic rings. The number of hydrogen-bond donors (Lipinski definition) is 0. The van der Waals surface area contributed by atoms with Crippen LogP contribution in [-0.2, 0) is 9.53 Å². The molecule has 0 aromatic carbocycles. The van der Waals surface area contributed by atoms with Gasteiger partial charge in [0.15, 0.2) is 0 Å². The molecule has 0 radical (unpaired) electrons. The molecule has 0 amide bonds. The second-order valence-corrected chi connectivity index (χ2v) is 3.61. The first-order chi connectivity index (χ1) is 5.19. The van der Waals surface area contributed by atoms with E-state index in [2.05, 4.69) is 0 Å². The molecule has 3 nitrogen and oxygen atoms in total. The van der Waals surface area contributed by atoms with Crippen molar-refractivity contribution in [2.45, 2.75) is 39.0 Å². The summed E-state index contributed by atoms with van der Waals surface area (Å²) in [7, 11) is 1.47. The molecular formula is C9H18O3. The summed E-state index contributed by atoms with van der Waals surface area (Å²) in [6.07, 6.45) is 5.61. The first-order valence-electron chi connectivity index (χ1n) is 4.27. The summed E-state index contributed by atoms with van der Waals surface area (Å²) in [6.45, 7) is 2.01. The Morgan fingerprint density at radius 3 is 2.17 bits per heavy atom. The van der Waals surface area contributed by atoms with Gasteiger partial charge in [-0.1, -0.05) is 19.3 Å². The van der Waals surface area contributed by atoms with E-state index in [-0.39, 0.29) is 16.9 Å². The van der Waals surface area contributed by atoms with Crippen LogP contribution in [0.5, 0.6) is 0 Å². The van der Waals surface area contributed by atoms with E-state index in [4.69, 9.17) is 4.74 Å². The maximum atomic E-state index is 11.3. The van der Waals surface area contributed by atoms with Gasteiger partial charge in [-0.25, -0.2) is 0 Å². The van der Waals surface area contributed by atoms with Crippen LogP contribution in [0.3, 0.4) is 0 Å². The van der Waals surface area contributed by atoms with E-state index in [0.29, 0.717) is 0 Å². The summed E-state index contributed by atoms with van der Waals surface area (Å²) >= 11 is 0. The molecular weight excluding hydrogens is 156 g/mol. The molecule has 1 saturated carbocycles. The van der Waals surface area contributed by atoms with E-state index in [0.717, 1.165) is 12.8 Å². The zero-order valence-corrected chi connectivity index (χ0v) is 7.85. The van der Waals surface area contributed by atoms with Crippen molar-refractivity contribution in [2.75, 3.05) is 7.11 Å². The number of carbonyl (C=O) groups excluding carboxylic acids is 1. The van der Waals surface area contributed by atoms with Gasteiger partial charge in [-0.3, -0.25) is 4.79 Å². The molecule has 1 fully saturated rings. The third-order valence-corrected chi connectivity index (χ3v) is 2.64. The lowest BCUT2D eigenvalue weighted by molar-refractivity contribution is -0.153. The zero-order chi connectivity index (χ0) is 8.32. The molecule has 0 bridgehead atoms. The van der Waals surface area contributed by atoms with Crippen molar-refractivity contribution >= 4 is 5.97 Å². The van der Waals surface area contributed by atoms with Crippen molar-refractivity contribution < 1.29 is 15.0 Å². The van der Waals surface area contributed by atoms with Gasteiger partial charge in [0.25, 0.3) is 0 Å². The largest absolute Gasteiger partial charge is 0.469 e.